The van der Waals surface area contributed by atoms with Gasteiger partial charge in [-0.3, -0.25) is 4.90 Å². The fraction of sp³-hybridized carbons (Fsp3) is 0.286. The molecule has 2 heterocycles. The highest BCUT2D eigenvalue weighted by molar-refractivity contribution is 5.80. The van der Waals surface area contributed by atoms with Crippen molar-refractivity contribution < 1.29 is 4.39 Å². The van der Waals surface area contributed by atoms with E-state index >= 15 is 0 Å². The van der Waals surface area contributed by atoms with E-state index in [-0.39, 0.29) is 5.82 Å². The molecule has 2 aromatic rings. The maximum absolute atomic E-state index is 14.7. The number of piperazine rings is 1. The van der Waals surface area contributed by atoms with E-state index in [1.54, 1.807) is 6.07 Å². The lowest BCUT2D eigenvalue weighted by Crippen LogP contribution is -2.55. The lowest BCUT2D eigenvalue weighted by Gasteiger charge is -2.44. The highest BCUT2D eigenvalue weighted by Crippen LogP contribution is 2.36. The van der Waals surface area contributed by atoms with Gasteiger partial charge in [-0.05, 0) is 69.8 Å². The first-order valence-corrected chi connectivity index (χ1v) is 11.4. The number of benzene rings is 2. The number of hydrogen-bond donors (Lipinski definition) is 2. The molecule has 2 atom stereocenters. The second-order valence-corrected chi connectivity index (χ2v) is 9.19. The molecule has 172 valence electrons. The van der Waals surface area contributed by atoms with Crippen LogP contribution in [0.2, 0.25) is 0 Å². The number of aryl methyl sites for hydroxylation is 1. The Morgan fingerprint density at radius 1 is 1.09 bits per heavy atom. The molecule has 0 bridgehead atoms. The summed E-state index contributed by atoms with van der Waals surface area (Å²) in [5, 5.41) is 6.65. The molecule has 4 rings (SSSR count). The van der Waals surface area contributed by atoms with Crippen molar-refractivity contribution >= 4 is 11.4 Å². The van der Waals surface area contributed by atoms with Crippen molar-refractivity contribution in [1.29, 1.82) is 0 Å². The van der Waals surface area contributed by atoms with Crippen LogP contribution in [-0.4, -0.2) is 37.1 Å². The van der Waals surface area contributed by atoms with Crippen LogP contribution in [0, 0.1) is 12.7 Å². The largest absolute Gasteiger partial charge is 0.367 e. The summed E-state index contributed by atoms with van der Waals surface area (Å²) in [6.07, 6.45) is 5.80. The molecule has 1 saturated heterocycles. The van der Waals surface area contributed by atoms with E-state index in [0.29, 0.717) is 17.6 Å². The third-order valence-electron chi connectivity index (χ3n) is 6.64. The van der Waals surface area contributed by atoms with Crippen LogP contribution in [0.4, 0.5) is 15.8 Å². The molecule has 2 N–H and O–H groups in total. The topological polar surface area (TPSA) is 30.5 Å². The maximum atomic E-state index is 14.7. The Kier molecular flexibility index (Phi) is 6.43. The minimum Gasteiger partial charge on any atom is -0.367 e. The van der Waals surface area contributed by atoms with E-state index in [0.717, 1.165) is 52.6 Å². The van der Waals surface area contributed by atoms with Crippen molar-refractivity contribution in [3.8, 4) is 11.1 Å². The third-order valence-corrected chi connectivity index (χ3v) is 6.64. The molecule has 0 saturated carbocycles. The fourth-order valence-electron chi connectivity index (χ4n) is 4.42. The van der Waals surface area contributed by atoms with Gasteiger partial charge < -0.3 is 15.5 Å². The normalized spacial score (nSPS) is 20.9. The fourth-order valence-corrected chi connectivity index (χ4v) is 4.42. The van der Waals surface area contributed by atoms with Gasteiger partial charge in [-0.25, -0.2) is 4.39 Å². The summed E-state index contributed by atoms with van der Waals surface area (Å²) >= 11 is 0. The molecular formula is C28H33FN4. The Labute approximate surface area is 196 Å². The summed E-state index contributed by atoms with van der Waals surface area (Å²) < 4.78 is 14.7. The maximum Gasteiger partial charge on any atom is 0.131 e. The lowest BCUT2D eigenvalue weighted by atomic mass is 10.00. The zero-order chi connectivity index (χ0) is 23.7. The number of hydrogen-bond acceptors (Lipinski definition) is 4. The average Bonchev–Trinajstić information content (AvgIpc) is 2.79. The van der Waals surface area contributed by atoms with Crippen molar-refractivity contribution in [2.75, 3.05) is 30.4 Å². The number of likely N-dealkylation sites (N-methyl/N-ethyl adjacent to an activating group) is 1. The van der Waals surface area contributed by atoms with E-state index in [4.69, 9.17) is 0 Å². The molecule has 2 aliphatic heterocycles. The number of nitrogens with zero attached hydrogens (tertiary/aromatic N) is 2. The van der Waals surface area contributed by atoms with Crippen LogP contribution in [0.1, 0.15) is 19.4 Å². The number of dihydropyridines is 1. The summed E-state index contributed by atoms with van der Waals surface area (Å²) in [7, 11) is 2.18. The first-order chi connectivity index (χ1) is 15.7. The Balaban J connectivity index is 1.73. The van der Waals surface area contributed by atoms with Crippen molar-refractivity contribution in [2.45, 2.75) is 32.9 Å². The van der Waals surface area contributed by atoms with E-state index in [1.165, 1.54) is 6.07 Å². The first kappa shape index (κ1) is 22.9. The second kappa shape index (κ2) is 9.28. The molecule has 0 radical (unpaired) electrons. The summed E-state index contributed by atoms with van der Waals surface area (Å²) in [5.74, 6) is -0.222. The van der Waals surface area contributed by atoms with Gasteiger partial charge in [0.1, 0.15) is 5.82 Å². The smallest absolute Gasteiger partial charge is 0.131 e. The van der Waals surface area contributed by atoms with Crippen LogP contribution in [0.3, 0.4) is 0 Å². The molecule has 0 aromatic heterocycles. The predicted molar refractivity (Wildman–Crippen MR) is 138 cm³/mol. The minimum atomic E-state index is -0.222. The number of halogens is 1. The first-order valence-electron chi connectivity index (χ1n) is 11.4. The highest BCUT2D eigenvalue weighted by Gasteiger charge is 2.28. The van der Waals surface area contributed by atoms with Crippen LogP contribution in [0.5, 0.6) is 0 Å². The molecule has 2 unspecified atom stereocenters. The Morgan fingerprint density at radius 2 is 1.82 bits per heavy atom. The van der Waals surface area contributed by atoms with Crippen LogP contribution in [-0.2, 0) is 0 Å². The molecular weight excluding hydrogens is 411 g/mol. The van der Waals surface area contributed by atoms with E-state index in [2.05, 4.69) is 60.6 Å². The average molecular weight is 445 g/mol. The van der Waals surface area contributed by atoms with E-state index < -0.39 is 0 Å². The third kappa shape index (κ3) is 4.88. The number of nitrogens with one attached hydrogen (secondary N) is 2. The van der Waals surface area contributed by atoms with Crippen molar-refractivity contribution in [3.63, 3.8) is 0 Å². The van der Waals surface area contributed by atoms with E-state index in [1.807, 2.05) is 43.5 Å². The summed E-state index contributed by atoms with van der Waals surface area (Å²) in [4.78, 5) is 4.82. The van der Waals surface area contributed by atoms with Crippen molar-refractivity contribution in [1.82, 2.24) is 10.2 Å². The SMILES string of the molecule is C=C1C=CC(C(=C)Nc2cc(-c3cc(C)ccc3F)ccc2N2CC(C)N(C)C(C)C2)=CN1. The molecule has 1 fully saturated rings. The zero-order valence-electron chi connectivity index (χ0n) is 20.0. The molecule has 0 aliphatic carbocycles. The molecule has 2 aromatic carbocycles. The van der Waals surface area contributed by atoms with Crippen LogP contribution >= 0.6 is 0 Å². The molecule has 0 spiro atoms. The van der Waals surface area contributed by atoms with Crippen LogP contribution in [0.15, 0.2) is 84.9 Å². The van der Waals surface area contributed by atoms with Crippen LogP contribution < -0.4 is 15.5 Å². The van der Waals surface area contributed by atoms with Gasteiger partial charge in [0.15, 0.2) is 0 Å². The minimum absolute atomic E-state index is 0.222. The summed E-state index contributed by atoms with van der Waals surface area (Å²) in [5.41, 5.74) is 7.03. The zero-order valence-corrected chi connectivity index (χ0v) is 20.0. The van der Waals surface area contributed by atoms with Gasteiger partial charge in [-0.2, -0.15) is 0 Å². The summed E-state index contributed by atoms with van der Waals surface area (Å²) in [6.45, 7) is 16.5. The standard InChI is InChI=1S/C28H33FN4/c1-18-7-11-26(29)25(13-18)23-10-12-28(33-16-20(3)32(6)21(4)17-33)27(14-23)31-22(5)24-9-8-19(2)30-15-24/h7-15,20-21,30-31H,2,5,16-17H2,1,3-4,6H3. The van der Waals surface area contributed by atoms with Gasteiger partial charge in [-0.1, -0.05) is 30.9 Å². The monoisotopic (exact) mass is 444 g/mol. The van der Waals surface area contributed by atoms with Crippen LogP contribution in [0.25, 0.3) is 11.1 Å². The van der Waals surface area contributed by atoms with Crippen molar-refractivity contribution in [2.24, 2.45) is 0 Å². The van der Waals surface area contributed by atoms with E-state index in [9.17, 15) is 4.39 Å². The lowest BCUT2D eigenvalue weighted by molar-refractivity contribution is 0.170. The van der Waals surface area contributed by atoms with Gasteiger partial charge >= 0.3 is 0 Å². The Bertz CT molecular complexity index is 1130. The molecule has 33 heavy (non-hydrogen) atoms. The number of anilines is 2. The highest BCUT2D eigenvalue weighted by atomic mass is 19.1. The Morgan fingerprint density at radius 3 is 2.48 bits per heavy atom. The van der Waals surface area contributed by atoms with Gasteiger partial charge in [-0.15, -0.1) is 0 Å². The predicted octanol–water partition coefficient (Wildman–Crippen LogP) is 5.81. The second-order valence-electron chi connectivity index (χ2n) is 9.19. The number of rotatable bonds is 5. The van der Waals surface area contributed by atoms with Gasteiger partial charge in [0.05, 0.1) is 11.4 Å². The van der Waals surface area contributed by atoms with Gasteiger partial charge in [0.2, 0.25) is 0 Å². The molecule has 4 nitrogen and oxygen atoms in total. The molecule has 2 aliphatic rings. The molecule has 5 heteroatoms. The summed E-state index contributed by atoms with van der Waals surface area (Å²) in [6, 6.07) is 12.2. The molecule has 0 amide bonds. The number of allylic oxidation sites excluding steroid dienone is 2. The van der Waals surface area contributed by atoms with Crippen molar-refractivity contribution in [3.05, 3.63) is 96.3 Å². The Hall–Kier alpha value is -3.31. The van der Waals surface area contributed by atoms with Gasteiger partial charge in [0, 0.05) is 53.9 Å². The van der Waals surface area contributed by atoms with Gasteiger partial charge in [0.25, 0.3) is 0 Å². The quantitative estimate of drug-likeness (QED) is 0.609.